The Labute approximate surface area is 184 Å². The van der Waals surface area contributed by atoms with Crippen LogP contribution < -0.4 is 20.3 Å². The molecule has 3 rings (SSSR count). The van der Waals surface area contributed by atoms with Crippen molar-refractivity contribution in [3.05, 3.63) is 54.1 Å². The summed E-state index contributed by atoms with van der Waals surface area (Å²) in [7, 11) is 0. The number of hydrogen-bond donors (Lipinski definition) is 2. The highest BCUT2D eigenvalue weighted by molar-refractivity contribution is 7.80. The molecule has 6 heteroatoms. The maximum absolute atomic E-state index is 12.5. The molecule has 5 nitrogen and oxygen atoms in total. The van der Waals surface area contributed by atoms with Crippen molar-refractivity contribution in [1.82, 2.24) is 5.32 Å². The first-order valence-electron chi connectivity index (χ1n) is 10.6. The number of amides is 1. The van der Waals surface area contributed by atoms with Crippen LogP contribution in [0, 0.1) is 5.92 Å². The van der Waals surface area contributed by atoms with Crippen molar-refractivity contribution in [3.63, 3.8) is 0 Å². The summed E-state index contributed by atoms with van der Waals surface area (Å²) >= 11 is 5.32. The van der Waals surface area contributed by atoms with E-state index in [0.717, 1.165) is 12.2 Å². The fourth-order valence-electron chi connectivity index (χ4n) is 3.55. The van der Waals surface area contributed by atoms with Gasteiger partial charge < -0.3 is 15.0 Å². The van der Waals surface area contributed by atoms with Crippen LogP contribution >= 0.6 is 12.2 Å². The van der Waals surface area contributed by atoms with Gasteiger partial charge in [-0.3, -0.25) is 10.1 Å². The Hall–Kier alpha value is -2.60. The average Bonchev–Trinajstić information content (AvgIpc) is 2.73. The van der Waals surface area contributed by atoms with Crippen LogP contribution in [0.25, 0.3) is 0 Å². The van der Waals surface area contributed by atoms with E-state index in [2.05, 4.69) is 48.4 Å². The van der Waals surface area contributed by atoms with Crippen LogP contribution in [0.15, 0.2) is 48.5 Å². The van der Waals surface area contributed by atoms with Gasteiger partial charge in [0.2, 0.25) is 0 Å². The highest BCUT2D eigenvalue weighted by Gasteiger charge is 2.18. The summed E-state index contributed by atoms with van der Waals surface area (Å²) in [6.45, 7) is 8.15. The molecule has 1 aliphatic heterocycles. The summed E-state index contributed by atoms with van der Waals surface area (Å²) in [6.07, 6.45) is 3.78. The number of carbonyl (C=O) groups excluding carboxylic acids is 1. The summed E-state index contributed by atoms with van der Waals surface area (Å²) in [5.74, 6) is 0.836. The largest absolute Gasteiger partial charge is 0.493 e. The SMILES string of the molecule is CC(C)COc1cccc(C(=O)NC(=S)Nc2ccc(N3CCCCC3C)cc2)c1. The van der Waals surface area contributed by atoms with E-state index in [0.29, 0.717) is 29.9 Å². The molecule has 30 heavy (non-hydrogen) atoms. The third kappa shape index (κ3) is 6.20. The van der Waals surface area contributed by atoms with Gasteiger partial charge in [0.25, 0.3) is 5.91 Å². The third-order valence-electron chi connectivity index (χ3n) is 5.17. The standard InChI is InChI=1S/C24H31N3O2S/c1-17(2)16-29-22-9-6-8-19(15-22)23(28)26-24(30)25-20-10-12-21(13-11-20)27-14-5-4-7-18(27)3/h6,8-13,15,17-18H,4-5,7,14,16H2,1-3H3,(H2,25,26,28,30). The van der Waals surface area contributed by atoms with E-state index >= 15 is 0 Å². The summed E-state index contributed by atoms with van der Waals surface area (Å²) in [5.41, 5.74) is 2.58. The Bertz CT molecular complexity index is 867. The smallest absolute Gasteiger partial charge is 0.257 e. The number of nitrogens with zero attached hydrogens (tertiary/aromatic N) is 1. The van der Waals surface area contributed by atoms with E-state index in [1.165, 1.54) is 24.9 Å². The van der Waals surface area contributed by atoms with Gasteiger partial charge in [0.15, 0.2) is 5.11 Å². The van der Waals surface area contributed by atoms with Gasteiger partial charge in [0.1, 0.15) is 5.75 Å². The first kappa shape index (κ1) is 22.1. The summed E-state index contributed by atoms with van der Waals surface area (Å²) < 4.78 is 5.70. The molecule has 1 atom stereocenters. The number of benzene rings is 2. The van der Waals surface area contributed by atoms with Crippen molar-refractivity contribution in [3.8, 4) is 5.75 Å². The molecule has 1 saturated heterocycles. The lowest BCUT2D eigenvalue weighted by Gasteiger charge is -2.35. The minimum atomic E-state index is -0.263. The molecule has 1 aliphatic rings. The lowest BCUT2D eigenvalue weighted by molar-refractivity contribution is 0.0977. The Morgan fingerprint density at radius 3 is 2.67 bits per heavy atom. The highest BCUT2D eigenvalue weighted by atomic mass is 32.1. The number of carbonyl (C=O) groups is 1. The van der Waals surface area contributed by atoms with Crippen LogP contribution in [0.5, 0.6) is 5.75 Å². The van der Waals surface area contributed by atoms with E-state index in [-0.39, 0.29) is 11.0 Å². The van der Waals surface area contributed by atoms with Crippen molar-refractivity contribution < 1.29 is 9.53 Å². The van der Waals surface area contributed by atoms with Gasteiger partial charge in [0, 0.05) is 29.5 Å². The van der Waals surface area contributed by atoms with E-state index in [1.807, 2.05) is 18.2 Å². The van der Waals surface area contributed by atoms with Gasteiger partial charge in [-0.25, -0.2) is 0 Å². The molecule has 2 aromatic rings. The number of ether oxygens (including phenoxy) is 1. The van der Waals surface area contributed by atoms with E-state index in [1.54, 1.807) is 18.2 Å². The molecule has 0 spiro atoms. The zero-order valence-corrected chi connectivity index (χ0v) is 18.8. The van der Waals surface area contributed by atoms with Gasteiger partial charge in [-0.2, -0.15) is 0 Å². The predicted molar refractivity (Wildman–Crippen MR) is 128 cm³/mol. The van der Waals surface area contributed by atoms with Crippen molar-refractivity contribution in [2.45, 2.75) is 46.1 Å². The topological polar surface area (TPSA) is 53.6 Å². The molecule has 1 heterocycles. The van der Waals surface area contributed by atoms with Crippen LogP contribution in [0.1, 0.15) is 50.4 Å². The van der Waals surface area contributed by atoms with Crippen molar-refractivity contribution in [2.24, 2.45) is 5.92 Å². The second kappa shape index (κ2) is 10.4. The number of rotatable bonds is 6. The van der Waals surface area contributed by atoms with Gasteiger partial charge in [0.05, 0.1) is 6.61 Å². The number of nitrogens with one attached hydrogen (secondary N) is 2. The van der Waals surface area contributed by atoms with Crippen LogP contribution in [0.3, 0.4) is 0 Å². The minimum absolute atomic E-state index is 0.263. The molecule has 160 valence electrons. The Kier molecular flexibility index (Phi) is 7.69. The maximum atomic E-state index is 12.5. The predicted octanol–water partition coefficient (Wildman–Crippen LogP) is 5.23. The fourth-order valence-corrected chi connectivity index (χ4v) is 3.76. The molecule has 0 aromatic heterocycles. The van der Waals surface area contributed by atoms with Crippen LogP contribution in [-0.4, -0.2) is 30.2 Å². The second-order valence-electron chi connectivity index (χ2n) is 8.23. The normalized spacial score (nSPS) is 16.3. The van der Waals surface area contributed by atoms with Gasteiger partial charge >= 0.3 is 0 Å². The summed E-state index contributed by atoms with van der Waals surface area (Å²) in [5, 5.41) is 6.10. The minimum Gasteiger partial charge on any atom is -0.493 e. The molecular weight excluding hydrogens is 394 g/mol. The van der Waals surface area contributed by atoms with Gasteiger partial charge in [-0.1, -0.05) is 19.9 Å². The molecule has 0 aliphatic carbocycles. The van der Waals surface area contributed by atoms with E-state index in [4.69, 9.17) is 17.0 Å². The molecule has 1 unspecified atom stereocenters. The van der Waals surface area contributed by atoms with Crippen LogP contribution in [-0.2, 0) is 0 Å². The third-order valence-corrected chi connectivity index (χ3v) is 5.37. The average molecular weight is 426 g/mol. The zero-order chi connectivity index (χ0) is 21.5. The number of anilines is 2. The van der Waals surface area contributed by atoms with E-state index < -0.39 is 0 Å². The quantitative estimate of drug-likeness (QED) is 0.621. The summed E-state index contributed by atoms with van der Waals surface area (Å²) in [4.78, 5) is 15.0. The molecule has 0 saturated carbocycles. The van der Waals surface area contributed by atoms with Crippen molar-refractivity contribution in [1.29, 1.82) is 0 Å². The first-order valence-corrected chi connectivity index (χ1v) is 11.0. The van der Waals surface area contributed by atoms with E-state index in [9.17, 15) is 4.79 Å². The fraction of sp³-hybridized carbons (Fsp3) is 0.417. The van der Waals surface area contributed by atoms with Crippen molar-refractivity contribution in [2.75, 3.05) is 23.4 Å². The maximum Gasteiger partial charge on any atom is 0.257 e. The van der Waals surface area contributed by atoms with Crippen LogP contribution in [0.4, 0.5) is 11.4 Å². The molecule has 2 aromatic carbocycles. The Morgan fingerprint density at radius 1 is 1.20 bits per heavy atom. The molecule has 2 N–H and O–H groups in total. The van der Waals surface area contributed by atoms with Crippen molar-refractivity contribution >= 4 is 34.6 Å². The number of thiocarbonyl (C=S) groups is 1. The second-order valence-corrected chi connectivity index (χ2v) is 8.63. The van der Waals surface area contributed by atoms with Gasteiger partial charge in [-0.15, -0.1) is 0 Å². The molecular formula is C24H31N3O2S. The lowest BCUT2D eigenvalue weighted by atomic mass is 10.0. The molecule has 0 bridgehead atoms. The Balaban J connectivity index is 1.55. The molecule has 1 amide bonds. The van der Waals surface area contributed by atoms with Crippen LogP contribution in [0.2, 0.25) is 0 Å². The molecule has 0 radical (unpaired) electrons. The molecule has 1 fully saturated rings. The Morgan fingerprint density at radius 2 is 1.97 bits per heavy atom. The lowest BCUT2D eigenvalue weighted by Crippen LogP contribution is -2.37. The summed E-state index contributed by atoms with van der Waals surface area (Å²) in [6, 6.07) is 15.9. The number of hydrogen-bond acceptors (Lipinski definition) is 4. The number of piperidine rings is 1. The van der Waals surface area contributed by atoms with Gasteiger partial charge in [-0.05, 0) is 86.8 Å². The first-order chi connectivity index (χ1) is 14.4. The zero-order valence-electron chi connectivity index (χ0n) is 18.0. The highest BCUT2D eigenvalue weighted by Crippen LogP contribution is 2.25. The monoisotopic (exact) mass is 425 g/mol.